The van der Waals surface area contributed by atoms with Gasteiger partial charge in [-0.15, -0.1) is 0 Å². The molecule has 1 aliphatic heterocycles. The van der Waals surface area contributed by atoms with Crippen LogP contribution in [0.5, 0.6) is 0 Å². The summed E-state index contributed by atoms with van der Waals surface area (Å²) in [7, 11) is 0. The smallest absolute Gasteiger partial charge is 0.123 e. The van der Waals surface area contributed by atoms with Gasteiger partial charge in [-0.1, -0.05) is 6.07 Å². The van der Waals surface area contributed by atoms with Gasteiger partial charge in [-0.05, 0) is 42.5 Å². The van der Waals surface area contributed by atoms with Gasteiger partial charge in [0.2, 0.25) is 0 Å². The van der Waals surface area contributed by atoms with Crippen LogP contribution in [0.3, 0.4) is 0 Å². The van der Waals surface area contributed by atoms with Crippen molar-refractivity contribution in [3.05, 3.63) is 35.1 Å². The molecule has 15 heavy (non-hydrogen) atoms. The molecule has 0 radical (unpaired) electrons. The molecule has 0 spiro atoms. The summed E-state index contributed by atoms with van der Waals surface area (Å²) >= 11 is 0. The van der Waals surface area contributed by atoms with Crippen molar-refractivity contribution in [2.45, 2.75) is 25.4 Å². The summed E-state index contributed by atoms with van der Waals surface area (Å²) in [6.45, 7) is 3.44. The zero-order chi connectivity index (χ0) is 10.8. The maximum atomic E-state index is 12.9. The highest BCUT2D eigenvalue weighted by Gasteiger charge is 2.22. The van der Waals surface area contributed by atoms with Crippen molar-refractivity contribution in [3.63, 3.8) is 0 Å². The van der Waals surface area contributed by atoms with Gasteiger partial charge in [0, 0.05) is 13.1 Å². The summed E-state index contributed by atoms with van der Waals surface area (Å²) in [5.41, 5.74) is 2.11. The maximum absolute atomic E-state index is 12.9. The molecule has 1 heterocycles. The highest BCUT2D eigenvalue weighted by Crippen LogP contribution is 2.26. The fourth-order valence-corrected chi connectivity index (χ4v) is 2.25. The second kappa shape index (κ2) is 4.29. The molecule has 0 unspecified atom stereocenters. The molecule has 2 rings (SSSR count). The van der Waals surface area contributed by atoms with Crippen molar-refractivity contribution in [2.75, 3.05) is 13.1 Å². The van der Waals surface area contributed by atoms with Crippen molar-refractivity contribution in [1.29, 1.82) is 0 Å². The monoisotopic (exact) mass is 209 g/mol. The van der Waals surface area contributed by atoms with Gasteiger partial charge in [-0.2, -0.15) is 0 Å². The van der Waals surface area contributed by atoms with Crippen LogP contribution < -0.4 is 5.32 Å². The number of aryl methyl sites for hydroxylation is 1. The molecular weight excluding hydrogens is 193 g/mol. The molecule has 82 valence electrons. The lowest BCUT2D eigenvalue weighted by Crippen LogP contribution is -2.38. The number of aliphatic hydroxyl groups is 1. The molecule has 2 atom stereocenters. The molecular formula is C12H16FNO. The highest BCUT2D eigenvalue weighted by atomic mass is 19.1. The van der Waals surface area contributed by atoms with Gasteiger partial charge in [0.1, 0.15) is 5.82 Å². The number of piperidine rings is 1. The second-order valence-electron chi connectivity index (χ2n) is 4.25. The lowest BCUT2D eigenvalue weighted by Gasteiger charge is -2.28. The topological polar surface area (TPSA) is 32.3 Å². The second-order valence-corrected chi connectivity index (χ2v) is 4.25. The van der Waals surface area contributed by atoms with Crippen LogP contribution in [-0.4, -0.2) is 24.3 Å². The van der Waals surface area contributed by atoms with E-state index in [9.17, 15) is 9.50 Å². The van der Waals surface area contributed by atoms with Crippen LogP contribution in [0, 0.1) is 12.7 Å². The molecule has 2 nitrogen and oxygen atoms in total. The quantitative estimate of drug-likeness (QED) is 0.736. The number of rotatable bonds is 1. The highest BCUT2D eigenvalue weighted by molar-refractivity contribution is 5.30. The van der Waals surface area contributed by atoms with Crippen LogP contribution in [0.1, 0.15) is 23.5 Å². The molecule has 0 aromatic heterocycles. The Kier molecular flexibility index (Phi) is 3.03. The fraction of sp³-hybridized carbons (Fsp3) is 0.500. The summed E-state index contributed by atoms with van der Waals surface area (Å²) in [6, 6.07) is 4.87. The SMILES string of the molecule is Cc1cc(F)ccc1[C@@H]1CNC[C@H](O)C1. The first-order valence-electron chi connectivity index (χ1n) is 5.31. The van der Waals surface area contributed by atoms with Crippen molar-refractivity contribution in [1.82, 2.24) is 5.32 Å². The molecule has 1 aliphatic rings. The van der Waals surface area contributed by atoms with E-state index in [1.165, 1.54) is 6.07 Å². The Morgan fingerprint density at radius 2 is 2.20 bits per heavy atom. The summed E-state index contributed by atoms with van der Waals surface area (Å²) in [5.74, 6) is 0.106. The number of hydrogen-bond acceptors (Lipinski definition) is 2. The van der Waals surface area contributed by atoms with Crippen molar-refractivity contribution in [2.24, 2.45) is 0 Å². The first-order chi connectivity index (χ1) is 7.16. The molecule has 0 bridgehead atoms. The van der Waals surface area contributed by atoms with Gasteiger partial charge in [0.25, 0.3) is 0 Å². The molecule has 0 saturated carbocycles. The van der Waals surface area contributed by atoms with Gasteiger partial charge >= 0.3 is 0 Å². The standard InChI is InChI=1S/C12H16FNO/c1-8-4-10(13)2-3-12(8)9-5-11(15)7-14-6-9/h2-4,9,11,14-15H,5-7H2,1H3/t9-,11+/m0/s1. The van der Waals surface area contributed by atoms with Gasteiger partial charge in [0.05, 0.1) is 6.10 Å². The van der Waals surface area contributed by atoms with E-state index in [2.05, 4.69) is 5.32 Å². The van der Waals surface area contributed by atoms with Crippen molar-refractivity contribution >= 4 is 0 Å². The third kappa shape index (κ3) is 2.36. The first-order valence-corrected chi connectivity index (χ1v) is 5.31. The van der Waals surface area contributed by atoms with Gasteiger partial charge in [0.15, 0.2) is 0 Å². The van der Waals surface area contributed by atoms with Gasteiger partial charge in [-0.25, -0.2) is 4.39 Å². The number of halogens is 1. The normalized spacial score (nSPS) is 26.6. The van der Waals surface area contributed by atoms with Gasteiger partial charge < -0.3 is 10.4 Å². The Hall–Kier alpha value is -0.930. The van der Waals surface area contributed by atoms with Crippen LogP contribution in [0.4, 0.5) is 4.39 Å². The predicted octanol–water partition coefficient (Wildman–Crippen LogP) is 1.57. The fourth-order valence-electron chi connectivity index (χ4n) is 2.25. The average Bonchev–Trinajstić information content (AvgIpc) is 2.17. The van der Waals surface area contributed by atoms with E-state index in [4.69, 9.17) is 0 Å². The lowest BCUT2D eigenvalue weighted by molar-refractivity contribution is 0.132. The molecule has 2 N–H and O–H groups in total. The number of aliphatic hydroxyl groups excluding tert-OH is 1. The third-order valence-corrected chi connectivity index (χ3v) is 3.00. The van der Waals surface area contributed by atoms with Crippen molar-refractivity contribution in [3.8, 4) is 0 Å². The van der Waals surface area contributed by atoms with Gasteiger partial charge in [-0.3, -0.25) is 0 Å². The minimum absolute atomic E-state index is 0.194. The summed E-state index contributed by atoms with van der Waals surface area (Å²) < 4.78 is 12.9. The average molecular weight is 209 g/mol. The summed E-state index contributed by atoms with van der Waals surface area (Å²) in [6.07, 6.45) is 0.479. The van der Waals surface area contributed by atoms with Crippen molar-refractivity contribution < 1.29 is 9.50 Å². The van der Waals surface area contributed by atoms with Crippen LogP contribution in [0.15, 0.2) is 18.2 Å². The van der Waals surface area contributed by atoms with E-state index in [1.54, 1.807) is 6.07 Å². The number of β-amino-alcohol motifs (C(OH)–C–C–N with tert-alkyl or cyclic N) is 1. The predicted molar refractivity (Wildman–Crippen MR) is 57.4 cm³/mol. The van der Waals surface area contributed by atoms with E-state index in [0.29, 0.717) is 12.5 Å². The van der Waals surface area contributed by atoms with Crippen LogP contribution in [-0.2, 0) is 0 Å². The molecule has 1 saturated heterocycles. The van der Waals surface area contributed by atoms with Crippen LogP contribution >= 0.6 is 0 Å². The molecule has 3 heteroatoms. The minimum atomic E-state index is -0.284. The van der Waals surface area contributed by atoms with E-state index >= 15 is 0 Å². The van der Waals surface area contributed by atoms with Crippen LogP contribution in [0.25, 0.3) is 0 Å². The summed E-state index contributed by atoms with van der Waals surface area (Å²) in [4.78, 5) is 0. The zero-order valence-electron chi connectivity index (χ0n) is 8.83. The lowest BCUT2D eigenvalue weighted by atomic mass is 9.88. The number of nitrogens with one attached hydrogen (secondary N) is 1. The zero-order valence-corrected chi connectivity index (χ0v) is 8.83. The molecule has 1 fully saturated rings. The molecule has 1 aromatic rings. The van der Waals surface area contributed by atoms with E-state index in [1.807, 2.05) is 13.0 Å². The van der Waals surface area contributed by atoms with E-state index in [0.717, 1.165) is 24.1 Å². The molecule has 1 aromatic carbocycles. The Morgan fingerprint density at radius 1 is 1.40 bits per heavy atom. The Balaban J connectivity index is 2.21. The molecule has 0 amide bonds. The number of benzene rings is 1. The number of hydrogen-bond donors (Lipinski definition) is 2. The Bertz CT molecular complexity index is 353. The third-order valence-electron chi connectivity index (χ3n) is 3.00. The van der Waals surface area contributed by atoms with E-state index < -0.39 is 0 Å². The summed E-state index contributed by atoms with van der Waals surface area (Å²) in [5, 5.41) is 12.7. The first kappa shape index (κ1) is 10.6. The molecule has 0 aliphatic carbocycles. The largest absolute Gasteiger partial charge is 0.392 e. The van der Waals surface area contributed by atoms with Crippen LogP contribution in [0.2, 0.25) is 0 Å². The van der Waals surface area contributed by atoms with E-state index in [-0.39, 0.29) is 11.9 Å². The maximum Gasteiger partial charge on any atom is 0.123 e. The Labute approximate surface area is 89.1 Å². The Morgan fingerprint density at radius 3 is 2.87 bits per heavy atom. The minimum Gasteiger partial charge on any atom is -0.392 e.